The maximum absolute atomic E-state index is 12.3. The summed E-state index contributed by atoms with van der Waals surface area (Å²) in [5.41, 5.74) is 2.19. The predicted octanol–water partition coefficient (Wildman–Crippen LogP) is 4.62. The molecule has 0 spiro atoms. The summed E-state index contributed by atoms with van der Waals surface area (Å²) in [5.74, 6) is 1.70. The topological polar surface area (TPSA) is 66.9 Å². The molecule has 140 valence electrons. The normalized spacial score (nSPS) is 22.8. The molecule has 1 aliphatic carbocycles. The summed E-state index contributed by atoms with van der Waals surface area (Å²) in [5, 5.41) is 15.6. The molecule has 26 heavy (non-hydrogen) atoms. The van der Waals surface area contributed by atoms with Gasteiger partial charge < -0.3 is 10.6 Å². The van der Waals surface area contributed by atoms with Crippen LogP contribution in [0.4, 0.5) is 10.8 Å². The number of aryl methyl sites for hydroxylation is 1. The van der Waals surface area contributed by atoms with Crippen molar-refractivity contribution in [1.29, 1.82) is 0 Å². The van der Waals surface area contributed by atoms with Crippen molar-refractivity contribution in [1.82, 2.24) is 15.5 Å². The number of thioether (sulfide) groups is 1. The van der Waals surface area contributed by atoms with Crippen LogP contribution in [0.1, 0.15) is 38.7 Å². The summed E-state index contributed by atoms with van der Waals surface area (Å²) in [6.07, 6.45) is 3.56. The number of benzene rings is 1. The van der Waals surface area contributed by atoms with Gasteiger partial charge in [-0.3, -0.25) is 4.79 Å². The maximum Gasteiger partial charge on any atom is 0.230 e. The highest BCUT2D eigenvalue weighted by molar-refractivity contribution is 8.01. The molecule has 0 saturated heterocycles. The van der Waals surface area contributed by atoms with Crippen LogP contribution >= 0.6 is 23.1 Å². The Morgan fingerprint density at radius 3 is 2.88 bits per heavy atom. The summed E-state index contributed by atoms with van der Waals surface area (Å²) < 4.78 is 0.807. The lowest BCUT2D eigenvalue weighted by molar-refractivity contribution is -0.119. The van der Waals surface area contributed by atoms with Crippen LogP contribution < -0.4 is 10.6 Å². The quantitative estimate of drug-likeness (QED) is 0.704. The molecule has 0 radical (unpaired) electrons. The Morgan fingerprint density at radius 2 is 2.08 bits per heavy atom. The molecule has 1 aromatic carbocycles. The molecule has 3 unspecified atom stereocenters. The van der Waals surface area contributed by atoms with Crippen molar-refractivity contribution >= 4 is 39.8 Å². The molecule has 2 aromatic rings. The van der Waals surface area contributed by atoms with Gasteiger partial charge in [0.25, 0.3) is 0 Å². The average Bonchev–Trinajstić information content (AvgIpc) is 3.07. The lowest BCUT2D eigenvalue weighted by Crippen LogP contribution is -2.44. The fraction of sp³-hybridized carbons (Fsp3) is 0.526. The molecule has 1 heterocycles. The Labute approximate surface area is 163 Å². The molecule has 3 atom stereocenters. The largest absolute Gasteiger partial charge is 0.352 e. The third-order valence-corrected chi connectivity index (χ3v) is 7.15. The minimum absolute atomic E-state index is 0.0876. The molecule has 7 heteroatoms. The monoisotopic (exact) mass is 390 g/mol. The van der Waals surface area contributed by atoms with E-state index in [2.05, 4.69) is 47.7 Å². The predicted molar refractivity (Wildman–Crippen MR) is 109 cm³/mol. The highest BCUT2D eigenvalue weighted by Crippen LogP contribution is 2.31. The molecule has 0 aliphatic heterocycles. The second-order valence-electron chi connectivity index (χ2n) is 7.04. The zero-order chi connectivity index (χ0) is 18.5. The smallest absolute Gasteiger partial charge is 0.230 e. The van der Waals surface area contributed by atoms with E-state index in [1.165, 1.54) is 35.9 Å². The number of rotatable bonds is 6. The number of para-hydroxylation sites is 1. The van der Waals surface area contributed by atoms with Crippen molar-refractivity contribution in [2.24, 2.45) is 11.8 Å². The van der Waals surface area contributed by atoms with Gasteiger partial charge in [-0.05, 0) is 36.8 Å². The lowest BCUT2D eigenvalue weighted by atomic mass is 9.78. The first-order valence-corrected chi connectivity index (χ1v) is 10.9. The summed E-state index contributed by atoms with van der Waals surface area (Å²) in [6, 6.07) is 8.37. The fourth-order valence-corrected chi connectivity index (χ4v) is 4.88. The van der Waals surface area contributed by atoms with Gasteiger partial charge in [0.05, 0.1) is 5.75 Å². The number of hydrogen-bond donors (Lipinski definition) is 2. The van der Waals surface area contributed by atoms with Gasteiger partial charge in [0.1, 0.15) is 0 Å². The van der Waals surface area contributed by atoms with Crippen molar-refractivity contribution in [2.45, 2.75) is 50.4 Å². The van der Waals surface area contributed by atoms with Gasteiger partial charge in [-0.2, -0.15) is 0 Å². The molecule has 0 bridgehead atoms. The number of nitrogens with zero attached hydrogens (tertiary/aromatic N) is 2. The molecule has 5 nitrogen and oxygen atoms in total. The molecule has 2 N–H and O–H groups in total. The van der Waals surface area contributed by atoms with E-state index in [9.17, 15) is 4.79 Å². The molecular formula is C19H26N4OS2. The van der Waals surface area contributed by atoms with Crippen LogP contribution in [-0.4, -0.2) is 27.9 Å². The van der Waals surface area contributed by atoms with Crippen molar-refractivity contribution in [3.63, 3.8) is 0 Å². The van der Waals surface area contributed by atoms with Crippen LogP contribution in [-0.2, 0) is 4.79 Å². The van der Waals surface area contributed by atoms with E-state index < -0.39 is 0 Å². The Morgan fingerprint density at radius 1 is 1.27 bits per heavy atom. The molecule has 1 amide bonds. The average molecular weight is 391 g/mol. The molecule has 1 fully saturated rings. The van der Waals surface area contributed by atoms with E-state index in [-0.39, 0.29) is 5.91 Å². The number of amides is 1. The van der Waals surface area contributed by atoms with Crippen LogP contribution in [0.25, 0.3) is 0 Å². The van der Waals surface area contributed by atoms with Crippen LogP contribution in [0.15, 0.2) is 28.6 Å². The summed E-state index contributed by atoms with van der Waals surface area (Å²) in [6.45, 7) is 6.58. The zero-order valence-electron chi connectivity index (χ0n) is 15.5. The van der Waals surface area contributed by atoms with E-state index in [0.29, 0.717) is 23.6 Å². The molecular weight excluding hydrogens is 364 g/mol. The van der Waals surface area contributed by atoms with E-state index in [1.54, 1.807) is 0 Å². The van der Waals surface area contributed by atoms with E-state index in [1.807, 2.05) is 18.2 Å². The van der Waals surface area contributed by atoms with E-state index in [4.69, 9.17) is 0 Å². The first kappa shape index (κ1) is 19.2. The number of aromatic nitrogens is 2. The zero-order valence-corrected chi connectivity index (χ0v) is 17.1. The van der Waals surface area contributed by atoms with Crippen molar-refractivity contribution in [2.75, 3.05) is 11.1 Å². The van der Waals surface area contributed by atoms with Crippen molar-refractivity contribution in [3.05, 3.63) is 29.8 Å². The maximum atomic E-state index is 12.3. The summed E-state index contributed by atoms with van der Waals surface area (Å²) >= 11 is 2.92. The number of carbonyl (C=O) groups excluding carboxylic acids is 1. The molecule has 3 rings (SSSR count). The van der Waals surface area contributed by atoms with Gasteiger partial charge in [0.2, 0.25) is 11.0 Å². The van der Waals surface area contributed by atoms with Crippen LogP contribution in [0.5, 0.6) is 0 Å². The summed E-state index contributed by atoms with van der Waals surface area (Å²) in [7, 11) is 0. The van der Waals surface area contributed by atoms with Crippen LogP contribution in [0, 0.1) is 18.8 Å². The number of hydrogen-bond acceptors (Lipinski definition) is 6. The third-order valence-electron chi connectivity index (χ3n) is 5.17. The molecule has 1 aromatic heterocycles. The summed E-state index contributed by atoms with van der Waals surface area (Å²) in [4.78, 5) is 12.3. The van der Waals surface area contributed by atoms with Gasteiger partial charge in [-0.1, -0.05) is 68.0 Å². The van der Waals surface area contributed by atoms with Gasteiger partial charge in [-0.15, -0.1) is 10.2 Å². The number of carbonyl (C=O) groups is 1. The Bertz CT molecular complexity index is 749. The van der Waals surface area contributed by atoms with E-state index >= 15 is 0 Å². The number of nitrogens with one attached hydrogen (secondary N) is 2. The highest BCUT2D eigenvalue weighted by atomic mass is 32.2. The van der Waals surface area contributed by atoms with Gasteiger partial charge in [0.15, 0.2) is 4.34 Å². The lowest BCUT2D eigenvalue weighted by Gasteiger charge is -2.34. The van der Waals surface area contributed by atoms with Crippen LogP contribution in [0.2, 0.25) is 0 Å². The van der Waals surface area contributed by atoms with E-state index in [0.717, 1.165) is 27.1 Å². The third kappa shape index (κ3) is 4.98. The molecule has 1 aliphatic rings. The second-order valence-corrected chi connectivity index (χ2v) is 9.24. The first-order chi connectivity index (χ1) is 12.5. The Hall–Kier alpha value is -1.60. The van der Waals surface area contributed by atoms with Gasteiger partial charge >= 0.3 is 0 Å². The Kier molecular flexibility index (Phi) is 6.53. The first-order valence-electron chi connectivity index (χ1n) is 9.11. The Balaban J connectivity index is 1.48. The van der Waals surface area contributed by atoms with Gasteiger partial charge in [-0.25, -0.2) is 0 Å². The minimum Gasteiger partial charge on any atom is -0.352 e. The standard InChI is InChI=1S/C19H26N4OS2/c1-12-8-6-10-16(14(12)3)20-17(24)11-25-19-23-22-18(26-19)21-15-9-5-4-7-13(15)2/h4-5,7,9,12,14,16H,6,8,10-11H2,1-3H3,(H,20,24)(H,21,22). The SMILES string of the molecule is Cc1ccccc1Nc1nnc(SCC(=O)NC2CCCC(C)C2C)s1. The molecule has 1 saturated carbocycles. The fourth-order valence-electron chi connectivity index (χ4n) is 3.31. The van der Waals surface area contributed by atoms with Gasteiger partial charge in [0, 0.05) is 11.7 Å². The van der Waals surface area contributed by atoms with Crippen molar-refractivity contribution in [3.8, 4) is 0 Å². The van der Waals surface area contributed by atoms with Crippen LogP contribution in [0.3, 0.4) is 0 Å². The van der Waals surface area contributed by atoms with Crippen molar-refractivity contribution < 1.29 is 4.79 Å². The second kappa shape index (κ2) is 8.86. The minimum atomic E-state index is 0.0876. The highest BCUT2D eigenvalue weighted by Gasteiger charge is 2.28. The number of anilines is 2.